The van der Waals surface area contributed by atoms with E-state index in [4.69, 9.17) is 4.74 Å². The minimum Gasteiger partial charge on any atom is -0.496 e. The molecular formula is C25H25BrN4O3. The number of benzene rings is 2. The van der Waals surface area contributed by atoms with Crippen molar-refractivity contribution >= 4 is 33.4 Å². The van der Waals surface area contributed by atoms with Crippen molar-refractivity contribution in [3.8, 4) is 16.9 Å². The van der Waals surface area contributed by atoms with Crippen LogP contribution in [0.25, 0.3) is 11.1 Å². The molecular weight excluding hydrogens is 484 g/mol. The van der Waals surface area contributed by atoms with Gasteiger partial charge in [-0.3, -0.25) is 14.7 Å². The van der Waals surface area contributed by atoms with Crippen molar-refractivity contribution in [1.82, 2.24) is 15.1 Å². The number of aromatic nitrogens is 2. The van der Waals surface area contributed by atoms with Gasteiger partial charge in [0.25, 0.3) is 5.91 Å². The van der Waals surface area contributed by atoms with E-state index in [1.54, 1.807) is 13.3 Å². The van der Waals surface area contributed by atoms with Gasteiger partial charge in [-0.25, -0.2) is 0 Å². The highest BCUT2D eigenvalue weighted by atomic mass is 79.9. The Balaban J connectivity index is 1.30. The summed E-state index contributed by atoms with van der Waals surface area (Å²) in [6.45, 7) is 1.86. The molecule has 3 aromatic rings. The third-order valence-corrected chi connectivity index (χ3v) is 7.45. The topological polar surface area (TPSA) is 78.5 Å². The highest BCUT2D eigenvalue weighted by Gasteiger charge is 2.49. The molecule has 7 nitrogen and oxygen atoms in total. The fourth-order valence-electron chi connectivity index (χ4n) is 4.93. The van der Waals surface area contributed by atoms with Crippen LogP contribution < -0.4 is 9.64 Å². The molecule has 2 aliphatic heterocycles. The number of rotatable bonds is 4. The normalized spacial score (nSPS) is 17.6. The van der Waals surface area contributed by atoms with Crippen LogP contribution in [0.3, 0.4) is 0 Å². The third kappa shape index (κ3) is 3.93. The summed E-state index contributed by atoms with van der Waals surface area (Å²) in [5.41, 5.74) is 2.99. The van der Waals surface area contributed by atoms with Gasteiger partial charge in [-0.1, -0.05) is 15.9 Å². The Morgan fingerprint density at radius 1 is 1.09 bits per heavy atom. The Morgan fingerprint density at radius 2 is 1.82 bits per heavy atom. The summed E-state index contributed by atoms with van der Waals surface area (Å²) in [5.74, 6) is 0.883. The van der Waals surface area contributed by atoms with Crippen LogP contribution in [-0.4, -0.2) is 53.7 Å². The van der Waals surface area contributed by atoms with E-state index in [0.717, 1.165) is 27.7 Å². The molecule has 5 rings (SSSR count). The van der Waals surface area contributed by atoms with E-state index in [2.05, 4.69) is 26.1 Å². The van der Waals surface area contributed by atoms with Crippen molar-refractivity contribution in [3.05, 3.63) is 64.9 Å². The number of carbonyl (C=O) groups excluding carboxylic acids is 2. The van der Waals surface area contributed by atoms with Crippen LogP contribution in [0.4, 0.5) is 5.69 Å². The van der Waals surface area contributed by atoms with Gasteiger partial charge in [-0.2, -0.15) is 5.10 Å². The van der Waals surface area contributed by atoms with Crippen LogP contribution in [0, 0.1) is 5.41 Å². The van der Waals surface area contributed by atoms with Gasteiger partial charge in [0, 0.05) is 58.7 Å². The van der Waals surface area contributed by atoms with Crippen LogP contribution in [-0.2, 0) is 4.79 Å². The second-order valence-electron chi connectivity index (χ2n) is 8.66. The molecule has 0 saturated carbocycles. The third-order valence-electron chi connectivity index (χ3n) is 6.92. The Bertz CT molecular complexity index is 1170. The molecule has 33 heavy (non-hydrogen) atoms. The molecule has 1 N–H and O–H groups in total. The molecule has 0 bridgehead atoms. The van der Waals surface area contributed by atoms with Crippen LogP contribution in [0.5, 0.6) is 5.75 Å². The number of anilines is 1. The molecule has 1 aromatic heterocycles. The average molecular weight is 509 g/mol. The monoisotopic (exact) mass is 508 g/mol. The number of hydrogen-bond acceptors (Lipinski definition) is 4. The molecule has 1 spiro atoms. The molecule has 2 aromatic carbocycles. The molecule has 2 aliphatic rings. The van der Waals surface area contributed by atoms with Crippen LogP contribution in [0.1, 0.15) is 29.6 Å². The van der Waals surface area contributed by atoms with Crippen molar-refractivity contribution in [2.24, 2.45) is 5.41 Å². The lowest BCUT2D eigenvalue weighted by molar-refractivity contribution is -0.127. The smallest absolute Gasteiger partial charge is 0.253 e. The standard InChI is InChI=1S/C25H25BrN4O3/c1-33-22-14-20(6-7-21(22)18-15-27-28-16-18)30-13-10-25(24(30)32)8-11-29(12-9-25)23(31)17-2-4-19(26)5-3-17/h2-7,14-16H,8-13H2,1H3,(H,27,28). The molecule has 2 fully saturated rings. The van der Waals surface area contributed by atoms with Gasteiger partial charge in [-0.15, -0.1) is 0 Å². The Labute approximate surface area is 200 Å². The first-order chi connectivity index (χ1) is 16.0. The number of nitrogens with one attached hydrogen (secondary N) is 1. The molecule has 170 valence electrons. The molecule has 0 atom stereocenters. The van der Waals surface area contributed by atoms with Crippen molar-refractivity contribution < 1.29 is 14.3 Å². The van der Waals surface area contributed by atoms with E-state index in [1.165, 1.54) is 0 Å². The lowest BCUT2D eigenvalue weighted by Gasteiger charge is -2.38. The summed E-state index contributed by atoms with van der Waals surface area (Å²) in [6.07, 6.45) is 5.75. The molecule has 2 saturated heterocycles. The zero-order chi connectivity index (χ0) is 23.0. The maximum Gasteiger partial charge on any atom is 0.253 e. The summed E-state index contributed by atoms with van der Waals surface area (Å²) >= 11 is 3.41. The largest absolute Gasteiger partial charge is 0.496 e. The Kier molecular flexibility index (Phi) is 5.70. The second kappa shape index (κ2) is 8.67. The summed E-state index contributed by atoms with van der Waals surface area (Å²) in [5, 5.41) is 6.83. The summed E-state index contributed by atoms with van der Waals surface area (Å²) < 4.78 is 6.55. The zero-order valence-electron chi connectivity index (χ0n) is 18.4. The average Bonchev–Trinajstić information content (AvgIpc) is 3.49. The highest BCUT2D eigenvalue weighted by molar-refractivity contribution is 9.10. The Hall–Kier alpha value is -3.13. The first-order valence-corrected chi connectivity index (χ1v) is 11.8. The number of H-pyrrole nitrogens is 1. The number of halogens is 1. The van der Waals surface area contributed by atoms with Crippen molar-refractivity contribution in [2.45, 2.75) is 19.3 Å². The number of ether oxygens (including phenoxy) is 1. The van der Waals surface area contributed by atoms with E-state index in [0.29, 0.717) is 43.8 Å². The van der Waals surface area contributed by atoms with Gasteiger partial charge in [0.15, 0.2) is 0 Å². The van der Waals surface area contributed by atoms with Gasteiger partial charge in [0.1, 0.15) is 5.75 Å². The van der Waals surface area contributed by atoms with Gasteiger partial charge < -0.3 is 14.5 Å². The van der Waals surface area contributed by atoms with E-state index in [1.807, 2.05) is 58.5 Å². The second-order valence-corrected chi connectivity index (χ2v) is 9.57. The van der Waals surface area contributed by atoms with Crippen molar-refractivity contribution in [3.63, 3.8) is 0 Å². The van der Waals surface area contributed by atoms with Gasteiger partial charge in [0.2, 0.25) is 5.91 Å². The maximum atomic E-state index is 13.5. The summed E-state index contributed by atoms with van der Waals surface area (Å²) in [4.78, 5) is 30.2. The number of hydrogen-bond donors (Lipinski definition) is 1. The SMILES string of the molecule is COc1cc(N2CCC3(CCN(C(=O)c4ccc(Br)cc4)CC3)C2=O)ccc1-c1cn[nH]c1. The lowest BCUT2D eigenvalue weighted by Crippen LogP contribution is -2.46. The fraction of sp³-hybridized carbons (Fsp3) is 0.320. The van der Waals surface area contributed by atoms with E-state index < -0.39 is 5.41 Å². The lowest BCUT2D eigenvalue weighted by atomic mass is 9.77. The molecule has 0 aliphatic carbocycles. The quantitative estimate of drug-likeness (QED) is 0.562. The summed E-state index contributed by atoms with van der Waals surface area (Å²) in [6, 6.07) is 13.3. The number of amides is 2. The molecule has 3 heterocycles. The predicted octanol–water partition coefficient (Wildman–Crippen LogP) is 4.51. The van der Waals surface area contributed by atoms with Gasteiger partial charge in [-0.05, 0) is 55.7 Å². The predicted molar refractivity (Wildman–Crippen MR) is 129 cm³/mol. The number of nitrogens with zero attached hydrogens (tertiary/aromatic N) is 3. The highest BCUT2D eigenvalue weighted by Crippen LogP contribution is 2.44. The van der Waals surface area contributed by atoms with Crippen LogP contribution in [0.2, 0.25) is 0 Å². The van der Waals surface area contributed by atoms with Gasteiger partial charge >= 0.3 is 0 Å². The van der Waals surface area contributed by atoms with Gasteiger partial charge in [0.05, 0.1) is 18.7 Å². The van der Waals surface area contributed by atoms with Crippen molar-refractivity contribution in [2.75, 3.05) is 31.6 Å². The number of likely N-dealkylation sites (tertiary alicyclic amines) is 1. The van der Waals surface area contributed by atoms with Crippen LogP contribution >= 0.6 is 15.9 Å². The first-order valence-electron chi connectivity index (χ1n) is 11.0. The number of aromatic amines is 1. The number of piperidine rings is 1. The molecule has 8 heteroatoms. The fourth-order valence-corrected chi connectivity index (χ4v) is 5.19. The number of carbonyl (C=O) groups is 2. The minimum absolute atomic E-state index is 0.0271. The number of methoxy groups -OCH3 is 1. The first kappa shape index (κ1) is 21.7. The Morgan fingerprint density at radius 3 is 2.48 bits per heavy atom. The maximum absolute atomic E-state index is 13.5. The molecule has 0 radical (unpaired) electrons. The zero-order valence-corrected chi connectivity index (χ0v) is 20.0. The minimum atomic E-state index is -0.396. The van der Waals surface area contributed by atoms with E-state index >= 15 is 0 Å². The molecule has 0 unspecified atom stereocenters. The van der Waals surface area contributed by atoms with E-state index in [9.17, 15) is 9.59 Å². The molecule has 2 amide bonds. The van der Waals surface area contributed by atoms with Crippen LogP contribution in [0.15, 0.2) is 59.3 Å². The summed E-state index contributed by atoms with van der Waals surface area (Å²) in [7, 11) is 1.63. The van der Waals surface area contributed by atoms with E-state index in [-0.39, 0.29) is 11.8 Å². The van der Waals surface area contributed by atoms with Crippen molar-refractivity contribution in [1.29, 1.82) is 0 Å².